The molecule has 8 heteroatoms. The Kier molecular flexibility index (Phi) is 8.96. The number of aromatic nitrogens is 1. The predicted octanol–water partition coefficient (Wildman–Crippen LogP) is 6.09. The number of aromatic amines is 1. The highest BCUT2D eigenvalue weighted by Gasteiger charge is 2.35. The molecule has 0 unspecified atom stereocenters. The Balaban J connectivity index is 1.20. The Morgan fingerprint density at radius 1 is 0.950 bits per heavy atom. The van der Waals surface area contributed by atoms with E-state index in [0.717, 1.165) is 24.9 Å². The van der Waals surface area contributed by atoms with Gasteiger partial charge in [-0.1, -0.05) is 63.6 Å². The molecule has 1 fully saturated rings. The summed E-state index contributed by atoms with van der Waals surface area (Å²) in [4.78, 5) is 16.8. The van der Waals surface area contributed by atoms with E-state index < -0.39 is 9.84 Å². The summed E-state index contributed by atoms with van der Waals surface area (Å²) in [5.74, 6) is 0.387. The SMILES string of the molecule is CCCOc1cccc(S(=O)(=O)c2ccc(CNC(=O)c3cc4c([nH]3)CC3(CCCCCCCC3)NC4)cc2)c1. The second kappa shape index (κ2) is 12.6. The molecule has 2 heterocycles. The highest BCUT2D eigenvalue weighted by atomic mass is 32.2. The Labute approximate surface area is 238 Å². The third kappa shape index (κ3) is 6.61. The van der Waals surface area contributed by atoms with Crippen molar-refractivity contribution in [1.82, 2.24) is 15.6 Å². The molecule has 3 N–H and O–H groups in total. The van der Waals surface area contributed by atoms with E-state index in [2.05, 4.69) is 15.6 Å². The minimum atomic E-state index is -3.68. The summed E-state index contributed by atoms with van der Waals surface area (Å²) in [5.41, 5.74) is 3.91. The van der Waals surface area contributed by atoms with E-state index in [1.54, 1.807) is 48.5 Å². The van der Waals surface area contributed by atoms with Crippen LogP contribution in [0.25, 0.3) is 0 Å². The molecule has 2 aromatic carbocycles. The summed E-state index contributed by atoms with van der Waals surface area (Å²) in [7, 11) is -3.68. The van der Waals surface area contributed by atoms with E-state index >= 15 is 0 Å². The monoisotopic (exact) mass is 563 g/mol. The average Bonchev–Trinajstić information content (AvgIpc) is 3.43. The van der Waals surface area contributed by atoms with Crippen LogP contribution in [-0.2, 0) is 29.3 Å². The summed E-state index contributed by atoms with van der Waals surface area (Å²) in [5, 5.41) is 6.81. The Morgan fingerprint density at radius 3 is 2.40 bits per heavy atom. The van der Waals surface area contributed by atoms with Crippen molar-refractivity contribution in [1.29, 1.82) is 0 Å². The molecule has 1 amide bonds. The number of benzene rings is 2. The molecule has 1 spiro atoms. The van der Waals surface area contributed by atoms with Crippen molar-refractivity contribution >= 4 is 15.7 Å². The normalized spacial score (nSPS) is 17.3. The third-order valence-electron chi connectivity index (χ3n) is 8.24. The number of amides is 1. The number of sulfone groups is 1. The van der Waals surface area contributed by atoms with Gasteiger partial charge in [0.05, 0.1) is 16.4 Å². The lowest BCUT2D eigenvalue weighted by atomic mass is 9.80. The van der Waals surface area contributed by atoms with Crippen LogP contribution in [0.2, 0.25) is 0 Å². The molecule has 1 aromatic heterocycles. The van der Waals surface area contributed by atoms with Crippen molar-refractivity contribution in [3.05, 3.63) is 77.1 Å². The van der Waals surface area contributed by atoms with Crippen LogP contribution in [0.5, 0.6) is 5.75 Å². The molecule has 0 saturated heterocycles. The van der Waals surface area contributed by atoms with Gasteiger partial charge in [0.25, 0.3) is 5.91 Å². The maximum absolute atomic E-state index is 13.1. The van der Waals surface area contributed by atoms with Crippen molar-refractivity contribution < 1.29 is 17.9 Å². The molecule has 7 nitrogen and oxygen atoms in total. The topological polar surface area (TPSA) is 100 Å². The number of ether oxygens (including phenoxy) is 1. The quantitative estimate of drug-likeness (QED) is 0.308. The number of carbonyl (C=O) groups is 1. The maximum atomic E-state index is 13.1. The van der Waals surface area contributed by atoms with Gasteiger partial charge in [0.2, 0.25) is 9.84 Å². The van der Waals surface area contributed by atoms with Crippen molar-refractivity contribution in [3.63, 3.8) is 0 Å². The molecule has 5 rings (SSSR count). The van der Waals surface area contributed by atoms with E-state index in [-0.39, 0.29) is 21.2 Å². The van der Waals surface area contributed by atoms with Crippen LogP contribution in [0, 0.1) is 0 Å². The van der Waals surface area contributed by atoms with Crippen LogP contribution < -0.4 is 15.4 Å². The van der Waals surface area contributed by atoms with Gasteiger partial charge in [0.15, 0.2) is 0 Å². The summed E-state index contributed by atoms with van der Waals surface area (Å²) in [6.45, 7) is 3.64. The molecule has 1 aliphatic carbocycles. The Morgan fingerprint density at radius 2 is 1.68 bits per heavy atom. The van der Waals surface area contributed by atoms with Gasteiger partial charge >= 0.3 is 0 Å². The lowest BCUT2D eigenvalue weighted by Gasteiger charge is -2.38. The van der Waals surface area contributed by atoms with Crippen molar-refractivity contribution in [2.75, 3.05) is 6.61 Å². The highest BCUT2D eigenvalue weighted by molar-refractivity contribution is 7.91. The number of rotatable bonds is 8. The van der Waals surface area contributed by atoms with Crippen LogP contribution in [0.1, 0.15) is 92.0 Å². The first-order chi connectivity index (χ1) is 19.4. The van der Waals surface area contributed by atoms with E-state index in [0.29, 0.717) is 24.6 Å². The van der Waals surface area contributed by atoms with Crippen molar-refractivity contribution in [3.8, 4) is 5.75 Å². The van der Waals surface area contributed by atoms with Crippen molar-refractivity contribution in [2.24, 2.45) is 0 Å². The fourth-order valence-electron chi connectivity index (χ4n) is 5.93. The molecular weight excluding hydrogens is 522 g/mol. The van der Waals surface area contributed by atoms with E-state index in [1.807, 2.05) is 13.0 Å². The zero-order chi connectivity index (χ0) is 28.0. The number of hydrogen-bond donors (Lipinski definition) is 3. The second-order valence-corrected chi connectivity index (χ2v) is 13.2. The van der Waals surface area contributed by atoms with Gasteiger partial charge in [0, 0.05) is 30.7 Å². The summed E-state index contributed by atoms with van der Waals surface area (Å²) in [6.07, 6.45) is 12.0. The van der Waals surface area contributed by atoms with Gasteiger partial charge in [-0.15, -0.1) is 0 Å². The smallest absolute Gasteiger partial charge is 0.267 e. The number of nitrogens with one attached hydrogen (secondary N) is 3. The van der Waals surface area contributed by atoms with E-state index in [9.17, 15) is 13.2 Å². The van der Waals surface area contributed by atoms with Crippen LogP contribution in [0.3, 0.4) is 0 Å². The number of H-pyrrole nitrogens is 1. The number of carbonyl (C=O) groups excluding carboxylic acids is 1. The fraction of sp³-hybridized carbons (Fsp3) is 0.469. The zero-order valence-corrected chi connectivity index (χ0v) is 24.2. The van der Waals surface area contributed by atoms with Crippen LogP contribution >= 0.6 is 0 Å². The van der Waals surface area contributed by atoms with Gasteiger partial charge in [-0.3, -0.25) is 4.79 Å². The zero-order valence-electron chi connectivity index (χ0n) is 23.4. The van der Waals surface area contributed by atoms with Gasteiger partial charge < -0.3 is 20.4 Å². The van der Waals surface area contributed by atoms with Gasteiger partial charge in [0.1, 0.15) is 11.4 Å². The van der Waals surface area contributed by atoms with E-state index in [4.69, 9.17) is 4.74 Å². The molecule has 214 valence electrons. The van der Waals surface area contributed by atoms with Crippen LogP contribution in [0.4, 0.5) is 0 Å². The maximum Gasteiger partial charge on any atom is 0.267 e. The lowest BCUT2D eigenvalue weighted by Crippen LogP contribution is -2.49. The average molecular weight is 564 g/mol. The highest BCUT2D eigenvalue weighted by Crippen LogP contribution is 2.33. The molecule has 0 atom stereocenters. The molecular formula is C32H41N3O4S. The second-order valence-electron chi connectivity index (χ2n) is 11.3. The molecule has 1 aliphatic heterocycles. The summed E-state index contributed by atoms with van der Waals surface area (Å²) in [6, 6.07) is 15.2. The van der Waals surface area contributed by atoms with Crippen LogP contribution in [0.15, 0.2) is 64.4 Å². The van der Waals surface area contributed by atoms with Crippen LogP contribution in [-0.4, -0.2) is 31.5 Å². The first-order valence-electron chi connectivity index (χ1n) is 14.7. The molecule has 3 aromatic rings. The fourth-order valence-corrected chi connectivity index (χ4v) is 7.22. The molecule has 0 radical (unpaired) electrons. The molecule has 40 heavy (non-hydrogen) atoms. The minimum absolute atomic E-state index is 0.141. The first kappa shape index (κ1) is 28.4. The molecule has 0 bridgehead atoms. The third-order valence-corrected chi connectivity index (χ3v) is 10.0. The summed E-state index contributed by atoms with van der Waals surface area (Å²) >= 11 is 0. The van der Waals surface area contributed by atoms with Gasteiger partial charge in [-0.25, -0.2) is 8.42 Å². The Bertz CT molecular complexity index is 1400. The molecule has 2 aliphatic rings. The van der Waals surface area contributed by atoms with Gasteiger partial charge in [-0.05, 0) is 66.8 Å². The molecule has 1 saturated carbocycles. The number of hydrogen-bond acceptors (Lipinski definition) is 5. The summed E-state index contributed by atoms with van der Waals surface area (Å²) < 4.78 is 31.9. The predicted molar refractivity (Wildman–Crippen MR) is 156 cm³/mol. The Hall–Kier alpha value is -3.10. The standard InChI is InChI=1S/C32H41N3O4S/c1-2-18-39-26-10-9-11-28(20-26)40(37,38)27-14-12-24(13-15-27)22-33-31(36)29-19-25-23-34-32(21-30(25)35-29)16-7-5-3-4-6-8-17-32/h9-15,19-20,34-35H,2-8,16-18,21-23H2,1H3,(H,33,36). The van der Waals surface area contributed by atoms with Crippen molar-refractivity contribution in [2.45, 2.75) is 99.6 Å². The van der Waals surface area contributed by atoms with Gasteiger partial charge in [-0.2, -0.15) is 0 Å². The minimum Gasteiger partial charge on any atom is -0.494 e. The lowest BCUT2D eigenvalue weighted by molar-refractivity contribution is 0.0946. The number of fused-ring (bicyclic) bond motifs is 1. The first-order valence-corrected chi connectivity index (χ1v) is 16.2. The largest absolute Gasteiger partial charge is 0.494 e. The van der Waals surface area contributed by atoms with E-state index in [1.165, 1.54) is 62.6 Å².